The molecule has 0 saturated carbocycles. The smallest absolute Gasteiger partial charge is 0.165 e. The Balaban J connectivity index is 2.27. The van der Waals surface area contributed by atoms with Crippen LogP contribution in [0.25, 0.3) is 11.2 Å². The summed E-state index contributed by atoms with van der Waals surface area (Å²) >= 11 is 0. The lowest BCUT2D eigenvalue weighted by Crippen LogP contribution is -2.09. The number of rotatable bonds is 6. The quantitative estimate of drug-likeness (QED) is 0.827. The Morgan fingerprint density at radius 1 is 1.42 bits per heavy atom. The first kappa shape index (κ1) is 13.7. The van der Waals surface area contributed by atoms with Crippen molar-refractivity contribution in [2.45, 2.75) is 33.2 Å². The molecule has 6 heteroatoms. The third-order valence-electron chi connectivity index (χ3n) is 3.43. The van der Waals surface area contributed by atoms with Crippen LogP contribution in [0.3, 0.4) is 0 Å². The van der Waals surface area contributed by atoms with E-state index in [1.807, 2.05) is 18.5 Å². The molecule has 0 aromatic carbocycles. The van der Waals surface area contributed by atoms with Crippen molar-refractivity contribution in [3.05, 3.63) is 12.2 Å². The predicted molar refractivity (Wildman–Crippen MR) is 75.1 cm³/mol. The van der Waals surface area contributed by atoms with E-state index < -0.39 is 0 Å². The maximum absolute atomic E-state index is 9.23. The molecule has 2 aromatic heterocycles. The van der Waals surface area contributed by atoms with Gasteiger partial charge in [0.05, 0.1) is 6.33 Å². The van der Waals surface area contributed by atoms with Gasteiger partial charge in [0.15, 0.2) is 11.5 Å². The lowest BCUT2D eigenvalue weighted by Gasteiger charge is -2.12. The third-order valence-corrected chi connectivity index (χ3v) is 3.43. The van der Waals surface area contributed by atoms with E-state index >= 15 is 0 Å². The highest BCUT2D eigenvalue weighted by Gasteiger charge is 2.12. The molecule has 19 heavy (non-hydrogen) atoms. The second kappa shape index (κ2) is 5.97. The third kappa shape index (κ3) is 2.84. The molecule has 0 bridgehead atoms. The first-order chi connectivity index (χ1) is 9.19. The SMILES string of the molecule is CCC(CO)CCn1cnc2c(NC)nc(C)nc21. The van der Waals surface area contributed by atoms with Crippen LogP contribution in [-0.4, -0.2) is 38.3 Å². The minimum Gasteiger partial charge on any atom is -0.396 e. The zero-order valence-electron chi connectivity index (χ0n) is 11.7. The van der Waals surface area contributed by atoms with Gasteiger partial charge in [0.2, 0.25) is 0 Å². The minimum absolute atomic E-state index is 0.235. The van der Waals surface area contributed by atoms with E-state index in [4.69, 9.17) is 0 Å². The highest BCUT2D eigenvalue weighted by atomic mass is 16.3. The Bertz CT molecular complexity index is 547. The number of aryl methyl sites for hydroxylation is 2. The molecule has 0 aliphatic heterocycles. The van der Waals surface area contributed by atoms with E-state index in [1.54, 1.807) is 6.33 Å². The summed E-state index contributed by atoms with van der Waals surface area (Å²) < 4.78 is 2.03. The second-order valence-corrected chi connectivity index (χ2v) is 4.73. The van der Waals surface area contributed by atoms with Gasteiger partial charge in [-0.1, -0.05) is 13.3 Å². The summed E-state index contributed by atoms with van der Waals surface area (Å²) in [6.07, 6.45) is 3.71. The molecule has 2 aromatic rings. The molecular formula is C13H21N5O. The van der Waals surface area contributed by atoms with Crippen LogP contribution in [0.15, 0.2) is 6.33 Å². The number of aliphatic hydroxyl groups is 1. The molecule has 1 atom stereocenters. The molecule has 2 N–H and O–H groups in total. The largest absolute Gasteiger partial charge is 0.396 e. The van der Waals surface area contributed by atoms with E-state index in [2.05, 4.69) is 27.2 Å². The van der Waals surface area contributed by atoms with Crippen LogP contribution >= 0.6 is 0 Å². The van der Waals surface area contributed by atoms with Gasteiger partial charge in [-0.25, -0.2) is 15.0 Å². The Hall–Kier alpha value is -1.69. The molecule has 2 heterocycles. The van der Waals surface area contributed by atoms with Crippen molar-refractivity contribution in [1.82, 2.24) is 19.5 Å². The summed E-state index contributed by atoms with van der Waals surface area (Å²) in [5, 5.41) is 12.3. The van der Waals surface area contributed by atoms with E-state index in [0.29, 0.717) is 5.92 Å². The fraction of sp³-hybridized carbons (Fsp3) is 0.615. The Morgan fingerprint density at radius 2 is 2.21 bits per heavy atom. The van der Waals surface area contributed by atoms with Crippen molar-refractivity contribution in [3.8, 4) is 0 Å². The maximum atomic E-state index is 9.23. The first-order valence-corrected chi connectivity index (χ1v) is 6.67. The zero-order valence-corrected chi connectivity index (χ0v) is 11.7. The van der Waals surface area contributed by atoms with Crippen LogP contribution in [0.1, 0.15) is 25.6 Å². The monoisotopic (exact) mass is 263 g/mol. The maximum Gasteiger partial charge on any atom is 0.165 e. The van der Waals surface area contributed by atoms with Gasteiger partial charge in [-0.15, -0.1) is 0 Å². The van der Waals surface area contributed by atoms with E-state index in [0.717, 1.165) is 42.2 Å². The molecule has 1 unspecified atom stereocenters. The van der Waals surface area contributed by atoms with Crippen molar-refractivity contribution in [2.75, 3.05) is 19.0 Å². The number of nitrogens with zero attached hydrogens (tertiary/aromatic N) is 4. The summed E-state index contributed by atoms with van der Waals surface area (Å²) in [5.74, 6) is 1.83. The normalized spacial score (nSPS) is 12.8. The van der Waals surface area contributed by atoms with Gasteiger partial charge >= 0.3 is 0 Å². The van der Waals surface area contributed by atoms with Crippen LogP contribution in [0.4, 0.5) is 5.82 Å². The summed E-state index contributed by atoms with van der Waals surface area (Å²) in [6, 6.07) is 0. The van der Waals surface area contributed by atoms with Gasteiger partial charge in [-0.2, -0.15) is 0 Å². The summed E-state index contributed by atoms with van der Waals surface area (Å²) in [6.45, 7) is 5.02. The lowest BCUT2D eigenvalue weighted by atomic mass is 10.0. The molecule has 0 aliphatic rings. The van der Waals surface area contributed by atoms with Crippen LogP contribution < -0.4 is 5.32 Å². The highest BCUT2D eigenvalue weighted by molar-refractivity contribution is 5.82. The number of anilines is 1. The summed E-state index contributed by atoms with van der Waals surface area (Å²) in [4.78, 5) is 13.2. The van der Waals surface area contributed by atoms with Gasteiger partial charge in [0.1, 0.15) is 11.3 Å². The first-order valence-electron chi connectivity index (χ1n) is 6.67. The van der Waals surface area contributed by atoms with Gasteiger partial charge in [-0.3, -0.25) is 0 Å². The Kier molecular flexibility index (Phi) is 4.31. The average Bonchev–Trinajstić information content (AvgIpc) is 2.82. The fourth-order valence-electron chi connectivity index (χ4n) is 2.14. The zero-order chi connectivity index (χ0) is 13.8. The summed E-state index contributed by atoms with van der Waals surface area (Å²) in [5.41, 5.74) is 1.65. The lowest BCUT2D eigenvalue weighted by molar-refractivity contribution is 0.210. The molecule has 0 amide bonds. The Labute approximate surface area is 112 Å². The molecular weight excluding hydrogens is 242 g/mol. The predicted octanol–water partition coefficient (Wildman–Crippen LogP) is 1.59. The number of hydrogen-bond acceptors (Lipinski definition) is 5. The molecule has 104 valence electrons. The van der Waals surface area contributed by atoms with Gasteiger partial charge in [0.25, 0.3) is 0 Å². The van der Waals surface area contributed by atoms with Crippen LogP contribution in [0.2, 0.25) is 0 Å². The Morgan fingerprint density at radius 3 is 2.84 bits per heavy atom. The van der Waals surface area contributed by atoms with Crippen molar-refractivity contribution in [2.24, 2.45) is 5.92 Å². The van der Waals surface area contributed by atoms with E-state index in [-0.39, 0.29) is 6.61 Å². The number of aliphatic hydroxyl groups excluding tert-OH is 1. The average molecular weight is 263 g/mol. The van der Waals surface area contributed by atoms with Gasteiger partial charge in [-0.05, 0) is 19.3 Å². The number of aromatic nitrogens is 4. The van der Waals surface area contributed by atoms with Crippen LogP contribution in [-0.2, 0) is 6.54 Å². The van der Waals surface area contributed by atoms with Crippen molar-refractivity contribution >= 4 is 17.0 Å². The van der Waals surface area contributed by atoms with Crippen LogP contribution in [0.5, 0.6) is 0 Å². The number of nitrogens with one attached hydrogen (secondary N) is 1. The number of fused-ring (bicyclic) bond motifs is 1. The van der Waals surface area contributed by atoms with Gasteiger partial charge < -0.3 is 15.0 Å². The van der Waals surface area contributed by atoms with Crippen LogP contribution in [0, 0.1) is 12.8 Å². The highest BCUT2D eigenvalue weighted by Crippen LogP contribution is 2.19. The molecule has 0 saturated heterocycles. The van der Waals surface area contributed by atoms with Crippen molar-refractivity contribution in [1.29, 1.82) is 0 Å². The van der Waals surface area contributed by atoms with Crippen molar-refractivity contribution < 1.29 is 5.11 Å². The number of hydrogen-bond donors (Lipinski definition) is 2. The molecule has 2 rings (SSSR count). The fourth-order valence-corrected chi connectivity index (χ4v) is 2.14. The van der Waals surface area contributed by atoms with Crippen molar-refractivity contribution in [3.63, 3.8) is 0 Å². The molecule has 0 radical (unpaired) electrons. The molecule has 0 spiro atoms. The standard InChI is InChI=1S/C13H21N5O/c1-4-10(7-19)5-6-18-8-15-11-12(14-3)16-9(2)17-13(11)18/h8,10,19H,4-7H2,1-3H3,(H,14,16,17). The number of imidazole rings is 1. The topological polar surface area (TPSA) is 75.9 Å². The minimum atomic E-state index is 0.235. The summed E-state index contributed by atoms with van der Waals surface area (Å²) in [7, 11) is 1.83. The van der Waals surface area contributed by atoms with E-state index in [9.17, 15) is 5.11 Å². The molecule has 6 nitrogen and oxygen atoms in total. The molecule has 0 fully saturated rings. The van der Waals surface area contributed by atoms with E-state index in [1.165, 1.54) is 0 Å². The molecule has 0 aliphatic carbocycles. The van der Waals surface area contributed by atoms with Gasteiger partial charge in [0, 0.05) is 20.2 Å². The second-order valence-electron chi connectivity index (χ2n) is 4.73.